The number of carboxylic acids is 1. The Hall–Kier alpha value is -1.92. The van der Waals surface area contributed by atoms with Gasteiger partial charge in [0.2, 0.25) is 5.82 Å². The van der Waals surface area contributed by atoms with Crippen LogP contribution in [0.2, 0.25) is 0 Å². The quantitative estimate of drug-likeness (QED) is 0.618. The molecule has 0 aliphatic carbocycles. The van der Waals surface area contributed by atoms with E-state index in [-0.39, 0.29) is 11.7 Å². The number of hydrogen-bond acceptors (Lipinski definition) is 4. The second-order valence-electron chi connectivity index (χ2n) is 3.12. The number of nitrogens with one attached hydrogen (secondary N) is 2. The summed E-state index contributed by atoms with van der Waals surface area (Å²) in [5.74, 6) is -1.60. The van der Waals surface area contributed by atoms with E-state index < -0.39 is 11.9 Å². The van der Waals surface area contributed by atoms with Crippen LogP contribution in [0.25, 0.3) is 0 Å². The number of carboxylic acid groups (broad SMARTS) is 1. The van der Waals surface area contributed by atoms with Crippen LogP contribution in [-0.2, 0) is 4.79 Å². The summed E-state index contributed by atoms with van der Waals surface area (Å²) in [5.41, 5.74) is 0. The van der Waals surface area contributed by atoms with Gasteiger partial charge in [-0.05, 0) is 6.42 Å². The van der Waals surface area contributed by atoms with Crippen molar-refractivity contribution >= 4 is 11.9 Å². The second kappa shape index (κ2) is 5.08. The molecule has 1 heterocycles. The Morgan fingerprint density at radius 1 is 1.67 bits per heavy atom. The normalized spacial score (nSPS) is 12.1. The third kappa shape index (κ3) is 3.37. The van der Waals surface area contributed by atoms with Crippen LogP contribution in [-0.4, -0.2) is 38.7 Å². The van der Waals surface area contributed by atoms with Gasteiger partial charge in [0, 0.05) is 6.54 Å². The van der Waals surface area contributed by atoms with Crippen molar-refractivity contribution in [3.63, 3.8) is 0 Å². The Kier molecular flexibility index (Phi) is 3.78. The fraction of sp³-hybridized carbons (Fsp3) is 0.500. The van der Waals surface area contributed by atoms with E-state index in [9.17, 15) is 9.59 Å². The highest BCUT2D eigenvalue weighted by molar-refractivity contribution is 5.90. The molecule has 0 aliphatic rings. The third-order valence-corrected chi connectivity index (χ3v) is 1.91. The van der Waals surface area contributed by atoms with Gasteiger partial charge in [-0.3, -0.25) is 14.7 Å². The number of aromatic nitrogens is 3. The molecule has 7 heteroatoms. The van der Waals surface area contributed by atoms with Crippen molar-refractivity contribution in [2.75, 3.05) is 6.54 Å². The second-order valence-corrected chi connectivity index (χ2v) is 3.12. The molecule has 0 spiro atoms. The van der Waals surface area contributed by atoms with Gasteiger partial charge < -0.3 is 10.4 Å². The van der Waals surface area contributed by atoms with Crippen molar-refractivity contribution in [2.45, 2.75) is 13.3 Å². The fourth-order valence-electron chi connectivity index (χ4n) is 0.924. The number of carbonyl (C=O) groups excluding carboxylic acids is 1. The van der Waals surface area contributed by atoms with E-state index in [4.69, 9.17) is 5.11 Å². The summed E-state index contributed by atoms with van der Waals surface area (Å²) >= 11 is 0. The van der Waals surface area contributed by atoms with Gasteiger partial charge in [0.05, 0.1) is 5.92 Å². The molecule has 0 fully saturated rings. The van der Waals surface area contributed by atoms with Crippen LogP contribution in [0.1, 0.15) is 24.0 Å². The SMILES string of the molecule is CC(CCNC(=O)c1ncn[nH]1)C(=O)O. The van der Waals surface area contributed by atoms with Gasteiger partial charge in [-0.25, -0.2) is 4.98 Å². The van der Waals surface area contributed by atoms with Crippen LogP contribution in [0.3, 0.4) is 0 Å². The molecule has 1 unspecified atom stereocenters. The van der Waals surface area contributed by atoms with Crippen molar-refractivity contribution in [3.05, 3.63) is 12.2 Å². The Bertz CT molecular complexity index is 336. The molecular formula is C8H12N4O3. The standard InChI is InChI=1S/C8H12N4O3/c1-5(8(14)15)2-3-9-7(13)6-10-4-11-12-6/h4-5H,2-3H2,1H3,(H,9,13)(H,14,15)(H,10,11,12). The van der Waals surface area contributed by atoms with Crippen LogP contribution in [0.5, 0.6) is 0 Å². The lowest BCUT2D eigenvalue weighted by atomic mass is 10.1. The Morgan fingerprint density at radius 3 is 2.93 bits per heavy atom. The summed E-state index contributed by atoms with van der Waals surface area (Å²) in [7, 11) is 0. The fourth-order valence-corrected chi connectivity index (χ4v) is 0.924. The number of aromatic amines is 1. The van der Waals surface area contributed by atoms with Crippen LogP contribution >= 0.6 is 0 Å². The first-order chi connectivity index (χ1) is 7.11. The smallest absolute Gasteiger partial charge is 0.306 e. The zero-order chi connectivity index (χ0) is 11.3. The summed E-state index contributed by atoms with van der Waals surface area (Å²) in [6.45, 7) is 1.88. The molecule has 1 rings (SSSR count). The van der Waals surface area contributed by atoms with Crippen molar-refractivity contribution in [2.24, 2.45) is 5.92 Å². The van der Waals surface area contributed by atoms with Crippen LogP contribution in [0.4, 0.5) is 0 Å². The van der Waals surface area contributed by atoms with Gasteiger partial charge in [0.1, 0.15) is 6.33 Å². The molecule has 82 valence electrons. The van der Waals surface area contributed by atoms with E-state index in [2.05, 4.69) is 20.5 Å². The zero-order valence-corrected chi connectivity index (χ0v) is 8.23. The molecule has 0 aliphatic heterocycles. The van der Waals surface area contributed by atoms with Gasteiger partial charge >= 0.3 is 5.97 Å². The average molecular weight is 212 g/mol. The van der Waals surface area contributed by atoms with E-state index in [1.165, 1.54) is 6.33 Å². The molecule has 1 aromatic rings. The van der Waals surface area contributed by atoms with E-state index in [0.717, 1.165) is 0 Å². The molecule has 0 saturated carbocycles. The van der Waals surface area contributed by atoms with Crippen LogP contribution in [0.15, 0.2) is 6.33 Å². The third-order valence-electron chi connectivity index (χ3n) is 1.91. The molecule has 0 radical (unpaired) electrons. The lowest BCUT2D eigenvalue weighted by molar-refractivity contribution is -0.141. The van der Waals surface area contributed by atoms with Crippen molar-refractivity contribution in [3.8, 4) is 0 Å². The molecule has 7 nitrogen and oxygen atoms in total. The van der Waals surface area contributed by atoms with Gasteiger partial charge in [-0.2, -0.15) is 5.10 Å². The Balaban J connectivity index is 2.27. The molecule has 1 aromatic heterocycles. The number of carbonyl (C=O) groups is 2. The Morgan fingerprint density at radius 2 is 2.40 bits per heavy atom. The van der Waals surface area contributed by atoms with Gasteiger partial charge in [-0.1, -0.05) is 6.92 Å². The maximum Gasteiger partial charge on any atom is 0.306 e. The number of hydrogen-bond donors (Lipinski definition) is 3. The highest BCUT2D eigenvalue weighted by atomic mass is 16.4. The minimum absolute atomic E-state index is 0.123. The molecule has 0 aromatic carbocycles. The van der Waals surface area contributed by atoms with E-state index in [0.29, 0.717) is 13.0 Å². The van der Waals surface area contributed by atoms with Crippen molar-refractivity contribution in [1.82, 2.24) is 20.5 Å². The van der Waals surface area contributed by atoms with Crippen molar-refractivity contribution in [1.29, 1.82) is 0 Å². The molecule has 1 atom stereocenters. The minimum Gasteiger partial charge on any atom is -0.481 e. The summed E-state index contributed by atoms with van der Waals surface area (Å²) in [6.07, 6.45) is 1.62. The summed E-state index contributed by atoms with van der Waals surface area (Å²) in [5, 5.41) is 17.1. The molecule has 1 amide bonds. The Labute approximate surface area is 85.9 Å². The predicted molar refractivity (Wildman–Crippen MR) is 50.1 cm³/mol. The van der Waals surface area contributed by atoms with E-state index in [1.807, 2.05) is 0 Å². The van der Waals surface area contributed by atoms with E-state index in [1.54, 1.807) is 6.92 Å². The number of amides is 1. The molecule has 3 N–H and O–H groups in total. The maximum atomic E-state index is 11.3. The lowest BCUT2D eigenvalue weighted by Crippen LogP contribution is -2.27. The molecule has 0 saturated heterocycles. The summed E-state index contributed by atoms with van der Waals surface area (Å²) < 4.78 is 0. The first-order valence-electron chi connectivity index (χ1n) is 4.47. The monoisotopic (exact) mass is 212 g/mol. The predicted octanol–water partition coefficient (Wildman–Crippen LogP) is -0.355. The molecule has 15 heavy (non-hydrogen) atoms. The molecular weight excluding hydrogens is 200 g/mol. The number of aliphatic carboxylic acids is 1. The van der Waals surface area contributed by atoms with Crippen LogP contribution < -0.4 is 5.32 Å². The highest BCUT2D eigenvalue weighted by Crippen LogP contribution is 1.99. The highest BCUT2D eigenvalue weighted by Gasteiger charge is 2.12. The zero-order valence-electron chi connectivity index (χ0n) is 8.23. The maximum absolute atomic E-state index is 11.3. The lowest BCUT2D eigenvalue weighted by Gasteiger charge is -2.06. The summed E-state index contributed by atoms with van der Waals surface area (Å²) in [6, 6.07) is 0. The largest absolute Gasteiger partial charge is 0.481 e. The number of H-pyrrole nitrogens is 1. The topological polar surface area (TPSA) is 108 Å². The summed E-state index contributed by atoms with van der Waals surface area (Å²) in [4.78, 5) is 25.4. The van der Waals surface area contributed by atoms with E-state index >= 15 is 0 Å². The first-order valence-corrected chi connectivity index (χ1v) is 4.47. The van der Waals surface area contributed by atoms with Gasteiger partial charge in [-0.15, -0.1) is 0 Å². The van der Waals surface area contributed by atoms with Gasteiger partial charge in [0.15, 0.2) is 0 Å². The molecule has 0 bridgehead atoms. The minimum atomic E-state index is -0.871. The number of nitrogens with zero attached hydrogens (tertiary/aromatic N) is 2. The van der Waals surface area contributed by atoms with Gasteiger partial charge in [0.25, 0.3) is 5.91 Å². The number of rotatable bonds is 5. The first kappa shape index (κ1) is 11.2. The van der Waals surface area contributed by atoms with Crippen LogP contribution in [0, 0.1) is 5.92 Å². The van der Waals surface area contributed by atoms with Crippen molar-refractivity contribution < 1.29 is 14.7 Å². The average Bonchev–Trinajstić information content (AvgIpc) is 2.70.